The summed E-state index contributed by atoms with van der Waals surface area (Å²) in [5.74, 6) is 0.828. The Morgan fingerprint density at radius 1 is 1.50 bits per heavy atom. The number of nitrogens with zero attached hydrogens (tertiary/aromatic N) is 3. The zero-order chi connectivity index (χ0) is 18.4. The van der Waals surface area contributed by atoms with Crippen LogP contribution in [0.3, 0.4) is 0 Å². The molecule has 0 saturated carbocycles. The first-order valence-electron chi connectivity index (χ1n) is 8.26. The highest BCUT2D eigenvalue weighted by Gasteiger charge is 2.36. The van der Waals surface area contributed by atoms with Crippen LogP contribution < -0.4 is 5.32 Å². The first-order chi connectivity index (χ1) is 12.5. The fourth-order valence-electron chi connectivity index (χ4n) is 3.13. The average Bonchev–Trinajstić information content (AvgIpc) is 3.16. The summed E-state index contributed by atoms with van der Waals surface area (Å²) < 4.78 is 19.4. The van der Waals surface area contributed by atoms with E-state index in [1.807, 2.05) is 4.90 Å². The van der Waals surface area contributed by atoms with Crippen molar-refractivity contribution in [1.29, 1.82) is 0 Å². The number of rotatable bonds is 3. The van der Waals surface area contributed by atoms with Gasteiger partial charge >= 0.3 is 0 Å². The molecule has 1 aromatic heterocycles. The zero-order valence-corrected chi connectivity index (χ0v) is 15.8. The number of amides is 1. The van der Waals surface area contributed by atoms with Crippen molar-refractivity contribution in [3.05, 3.63) is 45.4 Å². The molecule has 0 spiro atoms. The standard InChI is InChI=1S/C18H16BrFN4O2/c1-3-11-7-24-8-21-18-15(16(24)22-11)14(9(2)26-18)17(25)23-13-5-4-10(20)6-12(13)19/h4-6,8,11H,3,7H2,1-2H3,(H,23,25)/t11-/m0/s1. The Kier molecular flexibility index (Phi) is 4.14. The number of aliphatic imine (C=N–C) groups is 2. The van der Waals surface area contributed by atoms with Crippen LogP contribution in [0.5, 0.6) is 0 Å². The molecule has 8 heteroatoms. The van der Waals surface area contributed by atoms with Gasteiger partial charge in [0.15, 0.2) is 0 Å². The van der Waals surface area contributed by atoms with E-state index in [0.717, 1.165) is 13.0 Å². The first-order valence-corrected chi connectivity index (χ1v) is 9.06. The number of amidine groups is 1. The lowest BCUT2D eigenvalue weighted by Crippen LogP contribution is -2.31. The second kappa shape index (κ2) is 6.35. The van der Waals surface area contributed by atoms with Crippen molar-refractivity contribution in [2.24, 2.45) is 9.98 Å². The maximum Gasteiger partial charge on any atom is 0.260 e. The van der Waals surface area contributed by atoms with E-state index >= 15 is 0 Å². The lowest BCUT2D eigenvalue weighted by Gasteiger charge is -2.18. The number of halogens is 2. The van der Waals surface area contributed by atoms with Gasteiger partial charge in [-0.3, -0.25) is 9.79 Å². The van der Waals surface area contributed by atoms with Gasteiger partial charge < -0.3 is 14.6 Å². The van der Waals surface area contributed by atoms with E-state index in [9.17, 15) is 9.18 Å². The van der Waals surface area contributed by atoms with Crippen LogP contribution in [0.25, 0.3) is 0 Å². The summed E-state index contributed by atoms with van der Waals surface area (Å²) in [6.45, 7) is 4.54. The topological polar surface area (TPSA) is 70.2 Å². The van der Waals surface area contributed by atoms with Crippen molar-refractivity contribution < 1.29 is 13.6 Å². The van der Waals surface area contributed by atoms with Gasteiger partial charge in [0.2, 0.25) is 5.88 Å². The molecular formula is C18H16BrFN4O2. The lowest BCUT2D eigenvalue weighted by atomic mass is 10.1. The third-order valence-corrected chi connectivity index (χ3v) is 5.12. The van der Waals surface area contributed by atoms with E-state index in [-0.39, 0.29) is 17.8 Å². The molecule has 1 amide bonds. The van der Waals surface area contributed by atoms with E-state index in [4.69, 9.17) is 9.41 Å². The summed E-state index contributed by atoms with van der Waals surface area (Å²) in [6.07, 6.45) is 2.60. The van der Waals surface area contributed by atoms with Gasteiger partial charge in [0.1, 0.15) is 23.8 Å². The van der Waals surface area contributed by atoms with Gasteiger partial charge in [-0.1, -0.05) is 6.92 Å². The van der Waals surface area contributed by atoms with Crippen LogP contribution in [-0.2, 0) is 0 Å². The van der Waals surface area contributed by atoms with Crippen molar-refractivity contribution in [1.82, 2.24) is 4.90 Å². The number of furan rings is 1. The van der Waals surface area contributed by atoms with Gasteiger partial charge in [0.25, 0.3) is 5.91 Å². The fourth-order valence-corrected chi connectivity index (χ4v) is 3.58. The smallest absolute Gasteiger partial charge is 0.260 e. The van der Waals surface area contributed by atoms with Gasteiger partial charge in [-0.15, -0.1) is 0 Å². The second-order valence-electron chi connectivity index (χ2n) is 6.20. The summed E-state index contributed by atoms with van der Waals surface area (Å²) in [5, 5.41) is 2.80. The highest BCUT2D eigenvalue weighted by molar-refractivity contribution is 9.10. The van der Waals surface area contributed by atoms with Crippen LogP contribution in [0.4, 0.5) is 16.0 Å². The fraction of sp³-hybridized carbons (Fsp3) is 0.278. The maximum atomic E-state index is 13.3. The van der Waals surface area contributed by atoms with Gasteiger partial charge in [0, 0.05) is 11.0 Å². The number of carbonyl (C=O) groups is 1. The van der Waals surface area contributed by atoms with Crippen LogP contribution in [0.1, 0.15) is 35.0 Å². The van der Waals surface area contributed by atoms with Gasteiger partial charge in [-0.25, -0.2) is 9.38 Å². The Hall–Kier alpha value is -2.48. The molecule has 0 fully saturated rings. The van der Waals surface area contributed by atoms with Crippen LogP contribution in [0.15, 0.2) is 37.1 Å². The number of carbonyl (C=O) groups excluding carboxylic acids is 1. The minimum atomic E-state index is -0.386. The molecule has 3 heterocycles. The molecular weight excluding hydrogens is 403 g/mol. The number of hydrogen-bond donors (Lipinski definition) is 1. The first kappa shape index (κ1) is 17.0. The summed E-state index contributed by atoms with van der Waals surface area (Å²) in [7, 11) is 0. The molecule has 1 N–H and O–H groups in total. The highest BCUT2D eigenvalue weighted by Crippen LogP contribution is 2.36. The van der Waals surface area contributed by atoms with Gasteiger partial charge in [0.05, 0.1) is 22.9 Å². The van der Waals surface area contributed by atoms with E-state index in [2.05, 4.69) is 33.2 Å². The highest BCUT2D eigenvalue weighted by atomic mass is 79.9. The maximum absolute atomic E-state index is 13.3. The number of aryl methyl sites for hydroxylation is 1. The van der Waals surface area contributed by atoms with Crippen molar-refractivity contribution >= 4 is 45.6 Å². The summed E-state index contributed by atoms with van der Waals surface area (Å²) in [5.41, 5.74) is 1.48. The molecule has 134 valence electrons. The molecule has 0 saturated heterocycles. The molecule has 0 aliphatic carbocycles. The second-order valence-corrected chi connectivity index (χ2v) is 7.06. The van der Waals surface area contributed by atoms with Crippen LogP contribution in [-0.4, -0.2) is 35.6 Å². The number of benzene rings is 1. The Balaban J connectivity index is 1.73. The third-order valence-electron chi connectivity index (χ3n) is 4.47. The van der Waals surface area contributed by atoms with Crippen molar-refractivity contribution in [3.63, 3.8) is 0 Å². The molecule has 2 aliphatic heterocycles. The van der Waals surface area contributed by atoms with Crippen LogP contribution in [0.2, 0.25) is 0 Å². The molecule has 0 radical (unpaired) electrons. The number of fused-ring (bicyclic) bond motifs is 3. The average molecular weight is 419 g/mol. The van der Waals surface area contributed by atoms with E-state index < -0.39 is 0 Å². The van der Waals surface area contributed by atoms with E-state index in [1.54, 1.807) is 13.3 Å². The van der Waals surface area contributed by atoms with E-state index in [0.29, 0.717) is 38.8 Å². The normalized spacial score (nSPS) is 17.8. The number of hydrogen-bond acceptors (Lipinski definition) is 5. The van der Waals surface area contributed by atoms with Crippen LogP contribution >= 0.6 is 15.9 Å². The van der Waals surface area contributed by atoms with E-state index in [1.165, 1.54) is 18.2 Å². The summed E-state index contributed by atoms with van der Waals surface area (Å²) >= 11 is 3.26. The predicted octanol–water partition coefficient (Wildman–Crippen LogP) is 4.26. The molecule has 0 bridgehead atoms. The molecule has 1 aromatic carbocycles. The zero-order valence-electron chi connectivity index (χ0n) is 14.2. The predicted molar refractivity (Wildman–Crippen MR) is 101 cm³/mol. The largest absolute Gasteiger partial charge is 0.442 e. The molecule has 2 aliphatic rings. The lowest BCUT2D eigenvalue weighted by molar-refractivity contribution is 0.102. The molecule has 4 rings (SSSR count). The third kappa shape index (κ3) is 2.74. The Bertz CT molecular complexity index is 966. The molecule has 2 aromatic rings. The molecule has 6 nitrogen and oxygen atoms in total. The quantitative estimate of drug-likeness (QED) is 0.809. The van der Waals surface area contributed by atoms with Crippen molar-refractivity contribution in [2.75, 3.05) is 11.9 Å². The summed E-state index contributed by atoms with van der Waals surface area (Å²) in [4.78, 5) is 23.9. The number of anilines is 1. The van der Waals surface area contributed by atoms with Crippen LogP contribution in [0, 0.1) is 12.7 Å². The monoisotopic (exact) mass is 418 g/mol. The van der Waals surface area contributed by atoms with Crippen molar-refractivity contribution in [3.8, 4) is 0 Å². The minimum absolute atomic E-state index is 0.166. The SMILES string of the molecule is CC[C@H]1CN2C=Nc3oc(C)c(C(=O)Nc4ccc(F)cc4Br)c3C2=N1. The Morgan fingerprint density at radius 2 is 2.31 bits per heavy atom. The Labute approximate surface area is 157 Å². The Morgan fingerprint density at radius 3 is 3.04 bits per heavy atom. The molecule has 0 unspecified atom stereocenters. The van der Waals surface area contributed by atoms with Crippen molar-refractivity contribution in [2.45, 2.75) is 26.3 Å². The summed E-state index contributed by atoms with van der Waals surface area (Å²) in [6, 6.07) is 4.26. The minimum Gasteiger partial charge on any atom is -0.442 e. The molecule has 26 heavy (non-hydrogen) atoms. The molecule has 1 atom stereocenters. The van der Waals surface area contributed by atoms with Gasteiger partial charge in [-0.2, -0.15) is 0 Å². The van der Waals surface area contributed by atoms with Gasteiger partial charge in [-0.05, 0) is 47.5 Å². The number of nitrogens with one attached hydrogen (secondary N) is 1.